The molecule has 0 saturated heterocycles. The van der Waals surface area contributed by atoms with Crippen molar-refractivity contribution in [3.05, 3.63) is 34.9 Å². The maximum atomic E-state index is 11.8. The zero-order valence-electron chi connectivity index (χ0n) is 15.1. The number of amides is 1. The van der Waals surface area contributed by atoms with Gasteiger partial charge in [0.25, 0.3) is 0 Å². The third-order valence-corrected chi connectivity index (χ3v) is 4.58. The third kappa shape index (κ3) is 4.20. The minimum atomic E-state index is -0.0107. The summed E-state index contributed by atoms with van der Waals surface area (Å²) in [6, 6.07) is 6.86. The molecule has 0 aliphatic carbocycles. The molecular weight excluding hydrogens is 288 g/mol. The number of aryl methyl sites for hydroxylation is 1. The van der Waals surface area contributed by atoms with Crippen molar-refractivity contribution in [2.75, 3.05) is 14.2 Å². The first-order valence-electron chi connectivity index (χ1n) is 8.19. The Morgan fingerprint density at radius 3 is 2.70 bits per heavy atom. The van der Waals surface area contributed by atoms with E-state index in [2.05, 4.69) is 45.9 Å². The van der Waals surface area contributed by atoms with Gasteiger partial charge in [-0.05, 0) is 47.9 Å². The maximum Gasteiger partial charge on any atom is 0.246 e. The highest BCUT2D eigenvalue weighted by Crippen LogP contribution is 2.31. The summed E-state index contributed by atoms with van der Waals surface area (Å²) >= 11 is 0. The van der Waals surface area contributed by atoms with Crippen LogP contribution in [0.15, 0.2) is 23.2 Å². The van der Waals surface area contributed by atoms with Crippen molar-refractivity contribution in [2.24, 2.45) is 10.4 Å². The van der Waals surface area contributed by atoms with E-state index in [1.54, 1.807) is 7.05 Å². The van der Waals surface area contributed by atoms with E-state index >= 15 is 0 Å². The molecule has 0 N–H and O–H groups in total. The van der Waals surface area contributed by atoms with Crippen molar-refractivity contribution in [3.8, 4) is 0 Å². The average Bonchev–Trinajstić information content (AvgIpc) is 2.50. The predicted molar refractivity (Wildman–Crippen MR) is 93.7 cm³/mol. The van der Waals surface area contributed by atoms with Crippen LogP contribution in [-0.2, 0) is 22.5 Å². The number of rotatable bonds is 4. The Balaban J connectivity index is 2.13. The van der Waals surface area contributed by atoms with Crippen molar-refractivity contribution in [1.82, 2.24) is 5.06 Å². The third-order valence-electron chi connectivity index (χ3n) is 4.58. The molecule has 0 saturated carbocycles. The number of fused-ring (bicyclic) bond motifs is 1. The van der Waals surface area contributed by atoms with Crippen LogP contribution < -0.4 is 0 Å². The highest BCUT2D eigenvalue weighted by atomic mass is 16.7. The summed E-state index contributed by atoms with van der Waals surface area (Å²) in [6.45, 7) is 8.81. The summed E-state index contributed by atoms with van der Waals surface area (Å²) in [5.41, 5.74) is 5.05. The van der Waals surface area contributed by atoms with E-state index in [-0.39, 0.29) is 11.3 Å². The molecule has 1 heterocycles. The van der Waals surface area contributed by atoms with Crippen molar-refractivity contribution in [2.45, 2.75) is 53.0 Å². The van der Waals surface area contributed by atoms with Crippen molar-refractivity contribution in [1.29, 1.82) is 0 Å². The predicted octanol–water partition coefficient (Wildman–Crippen LogP) is 3.42. The molecule has 1 amide bonds. The lowest BCUT2D eigenvalue weighted by Gasteiger charge is -2.32. The smallest absolute Gasteiger partial charge is 0.246 e. The molecule has 23 heavy (non-hydrogen) atoms. The van der Waals surface area contributed by atoms with Crippen molar-refractivity contribution >= 4 is 11.6 Å². The second kappa shape index (κ2) is 6.83. The molecule has 0 radical (unpaired) electrons. The van der Waals surface area contributed by atoms with Crippen LogP contribution in [0.25, 0.3) is 0 Å². The highest BCUT2D eigenvalue weighted by Gasteiger charge is 2.28. The number of aliphatic imine (C=N–C) groups is 1. The van der Waals surface area contributed by atoms with Gasteiger partial charge in [0.2, 0.25) is 5.91 Å². The second-order valence-electron chi connectivity index (χ2n) is 7.37. The highest BCUT2D eigenvalue weighted by molar-refractivity contribution is 6.01. The lowest BCUT2D eigenvalue weighted by Crippen LogP contribution is -2.31. The normalized spacial score (nSPS) is 17.5. The van der Waals surface area contributed by atoms with Crippen LogP contribution in [0, 0.1) is 5.41 Å². The largest absolute Gasteiger partial charge is 0.285 e. The monoisotopic (exact) mass is 316 g/mol. The van der Waals surface area contributed by atoms with Gasteiger partial charge in [0.05, 0.1) is 13.2 Å². The van der Waals surface area contributed by atoms with Gasteiger partial charge in [-0.2, -0.15) is 0 Å². The molecule has 2 rings (SSSR count). The number of carbonyl (C=O) groups excluding carboxylic acids is 1. The molecule has 4 nitrogen and oxygen atoms in total. The van der Waals surface area contributed by atoms with Gasteiger partial charge in [-0.15, -0.1) is 0 Å². The van der Waals surface area contributed by atoms with Gasteiger partial charge in [-0.25, -0.2) is 5.06 Å². The quantitative estimate of drug-likeness (QED) is 0.799. The maximum absolute atomic E-state index is 11.8. The van der Waals surface area contributed by atoms with E-state index in [4.69, 9.17) is 9.83 Å². The Hall–Kier alpha value is -1.68. The molecule has 1 aromatic carbocycles. The molecule has 1 aliphatic heterocycles. The Kier molecular flexibility index (Phi) is 5.25. The molecular formula is C19H28N2O2. The van der Waals surface area contributed by atoms with Crippen LogP contribution in [0.5, 0.6) is 0 Å². The fraction of sp³-hybridized carbons (Fsp3) is 0.579. The summed E-state index contributed by atoms with van der Waals surface area (Å²) in [7, 11) is 3.14. The van der Waals surface area contributed by atoms with Gasteiger partial charge in [-0.1, -0.05) is 32.9 Å². The first-order valence-corrected chi connectivity index (χ1v) is 8.19. The number of carbonyl (C=O) groups is 1. The topological polar surface area (TPSA) is 41.9 Å². The Morgan fingerprint density at radius 1 is 1.39 bits per heavy atom. The molecule has 1 unspecified atom stereocenters. The lowest BCUT2D eigenvalue weighted by molar-refractivity contribution is -0.168. The molecule has 4 heteroatoms. The van der Waals surface area contributed by atoms with Crippen LogP contribution in [0.3, 0.4) is 0 Å². The number of hydrogen-bond donors (Lipinski definition) is 0. The molecule has 0 bridgehead atoms. The van der Waals surface area contributed by atoms with E-state index < -0.39 is 0 Å². The molecule has 1 aliphatic rings. The Bertz CT molecular complexity index is 614. The van der Waals surface area contributed by atoms with Crippen LogP contribution >= 0.6 is 0 Å². The minimum Gasteiger partial charge on any atom is -0.285 e. The first kappa shape index (κ1) is 17.7. The van der Waals surface area contributed by atoms with Gasteiger partial charge < -0.3 is 0 Å². The average molecular weight is 316 g/mol. The van der Waals surface area contributed by atoms with E-state index in [9.17, 15) is 4.79 Å². The minimum absolute atomic E-state index is 0.0107. The van der Waals surface area contributed by atoms with Gasteiger partial charge in [0.1, 0.15) is 0 Å². The van der Waals surface area contributed by atoms with Crippen LogP contribution in [-0.4, -0.2) is 36.9 Å². The lowest BCUT2D eigenvalue weighted by atomic mass is 9.80. The van der Waals surface area contributed by atoms with E-state index in [0.29, 0.717) is 12.5 Å². The van der Waals surface area contributed by atoms with Crippen molar-refractivity contribution < 1.29 is 9.63 Å². The first-order chi connectivity index (χ1) is 10.7. The van der Waals surface area contributed by atoms with Gasteiger partial charge in [0.15, 0.2) is 0 Å². The van der Waals surface area contributed by atoms with E-state index in [1.807, 2.05) is 0 Å². The van der Waals surface area contributed by atoms with Crippen LogP contribution in [0.4, 0.5) is 0 Å². The molecule has 0 spiro atoms. The molecule has 1 aromatic rings. The summed E-state index contributed by atoms with van der Waals surface area (Å²) in [5.74, 6) is -0.0107. The Labute approximate surface area is 139 Å². The number of nitrogens with zero attached hydrogens (tertiary/aromatic N) is 2. The van der Waals surface area contributed by atoms with Gasteiger partial charge in [0, 0.05) is 19.2 Å². The van der Waals surface area contributed by atoms with Crippen molar-refractivity contribution in [3.63, 3.8) is 0 Å². The zero-order valence-corrected chi connectivity index (χ0v) is 15.1. The van der Waals surface area contributed by atoms with E-state index in [1.165, 1.54) is 28.9 Å². The summed E-state index contributed by atoms with van der Waals surface area (Å²) in [4.78, 5) is 21.6. The van der Waals surface area contributed by atoms with Gasteiger partial charge >= 0.3 is 0 Å². The number of hydroxylamine groups is 2. The second-order valence-corrected chi connectivity index (χ2v) is 7.37. The number of benzene rings is 1. The summed E-state index contributed by atoms with van der Waals surface area (Å²) < 4.78 is 0. The SMILES string of the molecule is CON(C)C(=O)CCc1ccc2c(c1)C(C)=NC(C(C)(C)C)C2. The standard InChI is InChI=1S/C19H28N2O2/c1-13-16-11-14(8-10-18(22)21(5)23-6)7-9-15(16)12-17(20-13)19(2,3)4/h7,9,11,17H,8,10,12H2,1-6H3. The van der Waals surface area contributed by atoms with E-state index in [0.717, 1.165) is 18.6 Å². The molecule has 1 atom stereocenters. The Morgan fingerprint density at radius 2 is 2.09 bits per heavy atom. The molecule has 0 aromatic heterocycles. The fourth-order valence-corrected chi connectivity index (χ4v) is 2.86. The summed E-state index contributed by atoms with van der Waals surface area (Å²) in [5, 5.41) is 1.28. The molecule has 0 fully saturated rings. The fourth-order valence-electron chi connectivity index (χ4n) is 2.86. The van der Waals surface area contributed by atoms with Crippen LogP contribution in [0.1, 0.15) is 50.8 Å². The molecule has 126 valence electrons. The van der Waals surface area contributed by atoms with Gasteiger partial charge in [-0.3, -0.25) is 14.6 Å². The number of hydrogen-bond acceptors (Lipinski definition) is 3. The zero-order chi connectivity index (χ0) is 17.2. The summed E-state index contributed by atoms with van der Waals surface area (Å²) in [6.07, 6.45) is 2.15. The van der Waals surface area contributed by atoms with Crippen LogP contribution in [0.2, 0.25) is 0 Å².